The smallest absolute Gasteiger partial charge is 0.244 e. The van der Waals surface area contributed by atoms with Crippen LogP contribution in [0.2, 0.25) is 5.02 Å². The van der Waals surface area contributed by atoms with E-state index in [2.05, 4.69) is 5.32 Å². The number of carbonyl (C=O) groups is 2. The number of rotatable bonds is 9. The van der Waals surface area contributed by atoms with Crippen LogP contribution < -0.4 is 9.62 Å². The Balaban J connectivity index is 1.87. The van der Waals surface area contributed by atoms with E-state index in [1.54, 1.807) is 31.2 Å². The molecule has 2 aromatic rings. The van der Waals surface area contributed by atoms with Gasteiger partial charge in [-0.05, 0) is 62.1 Å². The molecule has 1 N–H and O–H groups in total. The van der Waals surface area contributed by atoms with E-state index in [0.717, 1.165) is 47.4 Å². The fourth-order valence-electron chi connectivity index (χ4n) is 4.34. The van der Waals surface area contributed by atoms with Gasteiger partial charge in [-0.3, -0.25) is 13.9 Å². The van der Waals surface area contributed by atoms with Gasteiger partial charge < -0.3 is 10.2 Å². The number of sulfonamides is 1. The first-order chi connectivity index (χ1) is 16.6. The van der Waals surface area contributed by atoms with Crippen molar-refractivity contribution >= 4 is 39.1 Å². The van der Waals surface area contributed by atoms with Gasteiger partial charge in [-0.2, -0.15) is 0 Å². The highest BCUT2D eigenvalue weighted by molar-refractivity contribution is 7.92. The van der Waals surface area contributed by atoms with Crippen molar-refractivity contribution in [2.45, 2.75) is 64.6 Å². The average Bonchev–Trinajstić information content (AvgIpc) is 2.82. The van der Waals surface area contributed by atoms with Crippen LogP contribution in [-0.4, -0.2) is 50.0 Å². The molecular formula is C26H34ClN3O4S. The maximum atomic E-state index is 13.6. The van der Waals surface area contributed by atoms with E-state index >= 15 is 0 Å². The first-order valence-electron chi connectivity index (χ1n) is 11.9. The molecule has 9 heteroatoms. The van der Waals surface area contributed by atoms with Gasteiger partial charge in [0.2, 0.25) is 21.8 Å². The van der Waals surface area contributed by atoms with Crippen LogP contribution in [0.4, 0.5) is 5.69 Å². The third kappa shape index (κ3) is 7.45. The summed E-state index contributed by atoms with van der Waals surface area (Å²) in [6.07, 6.45) is 6.25. The molecule has 1 saturated carbocycles. The Labute approximate surface area is 213 Å². The molecule has 35 heavy (non-hydrogen) atoms. The first-order valence-corrected chi connectivity index (χ1v) is 14.2. The van der Waals surface area contributed by atoms with E-state index in [0.29, 0.717) is 10.7 Å². The van der Waals surface area contributed by atoms with Gasteiger partial charge in [-0.25, -0.2) is 8.42 Å². The van der Waals surface area contributed by atoms with Crippen molar-refractivity contribution in [3.05, 3.63) is 64.7 Å². The highest BCUT2D eigenvalue weighted by Gasteiger charge is 2.31. The normalized spacial score (nSPS) is 15.3. The molecule has 0 saturated heterocycles. The summed E-state index contributed by atoms with van der Waals surface area (Å²) in [5.41, 5.74) is 2.22. The molecule has 3 rings (SSSR count). The molecule has 2 amide bonds. The summed E-state index contributed by atoms with van der Waals surface area (Å²) in [6, 6.07) is 13.3. The van der Waals surface area contributed by atoms with Crippen molar-refractivity contribution in [3.8, 4) is 0 Å². The molecule has 0 heterocycles. The summed E-state index contributed by atoms with van der Waals surface area (Å²) in [7, 11) is -3.77. The second-order valence-corrected chi connectivity index (χ2v) is 11.6. The molecule has 1 fully saturated rings. The lowest BCUT2D eigenvalue weighted by atomic mass is 9.95. The Hall–Kier alpha value is -2.58. The van der Waals surface area contributed by atoms with Crippen LogP contribution in [0.25, 0.3) is 0 Å². The predicted octanol–water partition coefficient (Wildman–Crippen LogP) is 4.28. The van der Waals surface area contributed by atoms with Crippen LogP contribution in [-0.2, 0) is 26.2 Å². The van der Waals surface area contributed by atoms with Gasteiger partial charge in [0.1, 0.15) is 12.6 Å². The zero-order valence-electron chi connectivity index (χ0n) is 20.5. The number of hydrogen-bond donors (Lipinski definition) is 1. The highest BCUT2D eigenvalue weighted by Crippen LogP contribution is 2.22. The number of anilines is 1. The largest absolute Gasteiger partial charge is 0.352 e. The Morgan fingerprint density at radius 1 is 1.06 bits per heavy atom. The molecule has 0 aromatic heterocycles. The Kier molecular flexibility index (Phi) is 9.19. The lowest BCUT2D eigenvalue weighted by Crippen LogP contribution is -2.53. The minimum absolute atomic E-state index is 0.107. The molecule has 0 aliphatic heterocycles. The zero-order chi connectivity index (χ0) is 25.6. The van der Waals surface area contributed by atoms with Crippen molar-refractivity contribution < 1.29 is 18.0 Å². The Morgan fingerprint density at radius 3 is 2.29 bits per heavy atom. The van der Waals surface area contributed by atoms with Gasteiger partial charge >= 0.3 is 0 Å². The fraction of sp³-hybridized carbons (Fsp3) is 0.462. The standard InChI is InChI=1S/C26H34ClN3O4S/c1-19-9-7-8-10-21(19)17-29(20(2)26(32)28-23-11-5-4-6-12-23)25(31)18-30(35(3,33)34)24-15-13-22(27)14-16-24/h7-10,13-16,20,23H,4-6,11-12,17-18H2,1-3H3,(H,28,32)/t20-/m0/s1. The Bertz CT molecular complexity index is 1130. The van der Waals surface area contributed by atoms with Crippen LogP contribution >= 0.6 is 11.6 Å². The molecule has 1 aliphatic carbocycles. The maximum Gasteiger partial charge on any atom is 0.244 e. The van der Waals surface area contributed by atoms with Gasteiger partial charge in [0, 0.05) is 17.6 Å². The first kappa shape index (κ1) is 27.0. The lowest BCUT2D eigenvalue weighted by molar-refractivity contribution is -0.139. The summed E-state index contributed by atoms with van der Waals surface area (Å²) in [6.45, 7) is 3.42. The highest BCUT2D eigenvalue weighted by atomic mass is 35.5. The number of benzene rings is 2. The minimum Gasteiger partial charge on any atom is -0.352 e. The van der Waals surface area contributed by atoms with Crippen molar-refractivity contribution in [2.75, 3.05) is 17.1 Å². The van der Waals surface area contributed by atoms with E-state index in [1.165, 1.54) is 11.3 Å². The second-order valence-electron chi connectivity index (χ2n) is 9.21. The van der Waals surface area contributed by atoms with Gasteiger partial charge in [-0.15, -0.1) is 0 Å². The zero-order valence-corrected chi connectivity index (χ0v) is 22.1. The van der Waals surface area contributed by atoms with Crippen LogP contribution in [0.15, 0.2) is 48.5 Å². The molecule has 0 radical (unpaired) electrons. The van der Waals surface area contributed by atoms with Crippen LogP contribution in [0, 0.1) is 6.92 Å². The number of nitrogens with one attached hydrogen (secondary N) is 1. The number of halogens is 1. The number of nitrogens with zero attached hydrogens (tertiary/aromatic N) is 2. The van der Waals surface area contributed by atoms with E-state index in [1.807, 2.05) is 31.2 Å². The summed E-state index contributed by atoms with van der Waals surface area (Å²) in [5.74, 6) is -0.684. The van der Waals surface area contributed by atoms with Crippen molar-refractivity contribution in [1.82, 2.24) is 10.2 Å². The lowest BCUT2D eigenvalue weighted by Gasteiger charge is -2.33. The summed E-state index contributed by atoms with van der Waals surface area (Å²) in [5, 5.41) is 3.56. The fourth-order valence-corrected chi connectivity index (χ4v) is 5.32. The van der Waals surface area contributed by atoms with Gasteiger partial charge in [0.15, 0.2) is 0 Å². The molecular weight excluding hydrogens is 486 g/mol. The maximum absolute atomic E-state index is 13.6. The van der Waals surface area contributed by atoms with Crippen LogP contribution in [0.1, 0.15) is 50.2 Å². The quantitative estimate of drug-likeness (QED) is 0.535. The van der Waals surface area contributed by atoms with E-state index in [4.69, 9.17) is 11.6 Å². The summed E-state index contributed by atoms with van der Waals surface area (Å²) in [4.78, 5) is 28.2. The van der Waals surface area contributed by atoms with E-state index in [-0.39, 0.29) is 18.5 Å². The number of hydrogen-bond acceptors (Lipinski definition) is 4. The summed E-state index contributed by atoms with van der Waals surface area (Å²) < 4.78 is 26.2. The molecule has 1 atom stereocenters. The number of carbonyl (C=O) groups excluding carboxylic acids is 2. The second kappa shape index (κ2) is 11.9. The molecule has 0 spiro atoms. The Morgan fingerprint density at radius 2 is 1.69 bits per heavy atom. The van der Waals surface area contributed by atoms with Crippen molar-refractivity contribution in [3.63, 3.8) is 0 Å². The van der Waals surface area contributed by atoms with Crippen LogP contribution in [0.3, 0.4) is 0 Å². The topological polar surface area (TPSA) is 86.8 Å². The third-order valence-corrected chi connectivity index (χ3v) is 7.91. The van der Waals surface area contributed by atoms with Gasteiger partial charge in [-0.1, -0.05) is 55.1 Å². The molecule has 2 aromatic carbocycles. The van der Waals surface area contributed by atoms with E-state index < -0.39 is 28.5 Å². The summed E-state index contributed by atoms with van der Waals surface area (Å²) >= 11 is 5.96. The van der Waals surface area contributed by atoms with Gasteiger partial charge in [0.25, 0.3) is 0 Å². The van der Waals surface area contributed by atoms with Crippen molar-refractivity contribution in [2.24, 2.45) is 0 Å². The number of aryl methyl sites for hydroxylation is 1. The minimum atomic E-state index is -3.77. The SMILES string of the molecule is Cc1ccccc1CN(C(=O)CN(c1ccc(Cl)cc1)S(C)(=O)=O)[C@@H](C)C(=O)NC1CCCCC1. The molecule has 0 unspecified atom stereocenters. The van der Waals surface area contributed by atoms with Crippen LogP contribution in [0.5, 0.6) is 0 Å². The predicted molar refractivity (Wildman–Crippen MR) is 140 cm³/mol. The monoisotopic (exact) mass is 519 g/mol. The third-order valence-electron chi connectivity index (χ3n) is 6.51. The molecule has 1 aliphatic rings. The van der Waals surface area contributed by atoms with E-state index in [9.17, 15) is 18.0 Å². The average molecular weight is 520 g/mol. The molecule has 0 bridgehead atoms. The molecule has 190 valence electrons. The molecule has 7 nitrogen and oxygen atoms in total. The number of amides is 2. The van der Waals surface area contributed by atoms with Gasteiger partial charge in [0.05, 0.1) is 11.9 Å². The van der Waals surface area contributed by atoms with Crippen molar-refractivity contribution in [1.29, 1.82) is 0 Å².